The highest BCUT2D eigenvalue weighted by atomic mass is 16.5. The van der Waals surface area contributed by atoms with E-state index in [0.717, 1.165) is 12.8 Å². The van der Waals surface area contributed by atoms with Crippen LogP contribution in [0, 0.1) is 5.92 Å². The number of hydrogen-bond donors (Lipinski definition) is 0. The Morgan fingerprint density at radius 3 is 2.10 bits per heavy atom. The largest absolute Gasteiger partial charge is 0.379 e. The van der Waals surface area contributed by atoms with Gasteiger partial charge >= 0.3 is 0 Å². The summed E-state index contributed by atoms with van der Waals surface area (Å²) < 4.78 is 11.2. The van der Waals surface area contributed by atoms with Crippen LogP contribution in [0.4, 0.5) is 0 Å². The summed E-state index contributed by atoms with van der Waals surface area (Å²) in [7, 11) is 3.57. The predicted molar refractivity (Wildman–Crippen MR) is 82.8 cm³/mol. The van der Waals surface area contributed by atoms with Crippen LogP contribution in [0.15, 0.2) is 0 Å². The molecule has 20 heavy (non-hydrogen) atoms. The van der Waals surface area contributed by atoms with E-state index in [-0.39, 0.29) is 30.3 Å². The fraction of sp³-hybridized carbons (Fsp3) is 0.938. The van der Waals surface area contributed by atoms with E-state index in [0.29, 0.717) is 5.92 Å². The summed E-state index contributed by atoms with van der Waals surface area (Å²) in [4.78, 5) is 14.1. The quantitative estimate of drug-likeness (QED) is 0.688. The Balaban J connectivity index is 4.85. The number of nitrogens with zero attached hydrogens (tertiary/aromatic N) is 1. The molecule has 1 amide bonds. The summed E-state index contributed by atoms with van der Waals surface area (Å²) in [6.07, 6.45) is 1.97. The number of ether oxygens (including phenoxy) is 2. The predicted octanol–water partition coefficient (Wildman–Crippen LogP) is 3.10. The first-order valence-corrected chi connectivity index (χ1v) is 7.60. The summed E-state index contributed by atoms with van der Waals surface area (Å²) >= 11 is 0. The molecule has 3 unspecified atom stereocenters. The number of carbonyl (C=O) groups is 1. The van der Waals surface area contributed by atoms with E-state index < -0.39 is 0 Å². The molecule has 0 N–H and O–H groups in total. The zero-order valence-electron chi connectivity index (χ0n) is 14.5. The molecule has 0 aliphatic heterocycles. The lowest BCUT2D eigenvalue weighted by Gasteiger charge is -2.37. The standard InChI is InChI=1S/C16H33NO3/c1-9-12(3)15(13(10-2)19-8)17(7)14(18)11-20-16(4,5)6/h12-13,15H,9-11H2,1-8H3. The van der Waals surface area contributed by atoms with Crippen molar-refractivity contribution in [3.63, 3.8) is 0 Å². The lowest BCUT2D eigenvalue weighted by Crippen LogP contribution is -2.50. The average Bonchev–Trinajstić information content (AvgIpc) is 2.39. The molecule has 3 atom stereocenters. The van der Waals surface area contributed by atoms with Gasteiger partial charge < -0.3 is 14.4 Å². The minimum atomic E-state index is -0.298. The van der Waals surface area contributed by atoms with Crippen LogP contribution in [0.2, 0.25) is 0 Å². The molecule has 0 saturated carbocycles. The Labute approximate surface area is 124 Å². The topological polar surface area (TPSA) is 38.8 Å². The number of methoxy groups -OCH3 is 1. The third-order valence-corrected chi connectivity index (χ3v) is 3.78. The van der Waals surface area contributed by atoms with E-state index in [4.69, 9.17) is 9.47 Å². The van der Waals surface area contributed by atoms with Gasteiger partial charge in [0.2, 0.25) is 5.91 Å². The van der Waals surface area contributed by atoms with Crippen molar-refractivity contribution >= 4 is 5.91 Å². The van der Waals surface area contributed by atoms with Gasteiger partial charge in [-0.1, -0.05) is 27.2 Å². The number of likely N-dealkylation sites (N-methyl/N-ethyl adjacent to an activating group) is 1. The van der Waals surface area contributed by atoms with Crippen molar-refractivity contribution in [2.24, 2.45) is 5.92 Å². The zero-order chi connectivity index (χ0) is 15.9. The molecular weight excluding hydrogens is 254 g/mol. The molecule has 0 aliphatic carbocycles. The van der Waals surface area contributed by atoms with Gasteiger partial charge in [-0.2, -0.15) is 0 Å². The molecule has 0 spiro atoms. The van der Waals surface area contributed by atoms with Gasteiger partial charge in [-0.25, -0.2) is 0 Å². The van der Waals surface area contributed by atoms with Crippen molar-refractivity contribution in [1.82, 2.24) is 4.90 Å². The minimum Gasteiger partial charge on any atom is -0.379 e. The van der Waals surface area contributed by atoms with Gasteiger partial charge in [0.15, 0.2) is 0 Å². The van der Waals surface area contributed by atoms with Crippen LogP contribution in [-0.2, 0) is 14.3 Å². The highest BCUT2D eigenvalue weighted by molar-refractivity contribution is 5.77. The van der Waals surface area contributed by atoms with Gasteiger partial charge in [0.05, 0.1) is 17.7 Å². The van der Waals surface area contributed by atoms with Gasteiger partial charge in [-0.05, 0) is 33.1 Å². The van der Waals surface area contributed by atoms with Crippen LogP contribution in [0.25, 0.3) is 0 Å². The Kier molecular flexibility index (Phi) is 8.36. The van der Waals surface area contributed by atoms with Crippen LogP contribution >= 0.6 is 0 Å². The van der Waals surface area contributed by atoms with Gasteiger partial charge in [-0.3, -0.25) is 4.79 Å². The highest BCUT2D eigenvalue weighted by Gasteiger charge is 2.31. The Bertz CT molecular complexity index is 282. The summed E-state index contributed by atoms with van der Waals surface area (Å²) in [5.41, 5.74) is -0.298. The molecule has 0 fully saturated rings. The summed E-state index contributed by atoms with van der Waals surface area (Å²) in [6, 6.07) is 0.0890. The Hall–Kier alpha value is -0.610. The number of rotatable bonds is 8. The molecule has 0 aromatic rings. The molecule has 0 heterocycles. The number of hydrogen-bond acceptors (Lipinski definition) is 3. The third kappa shape index (κ3) is 6.23. The molecule has 0 radical (unpaired) electrons. The lowest BCUT2D eigenvalue weighted by atomic mass is 9.91. The molecule has 0 aliphatic rings. The van der Waals surface area contributed by atoms with Crippen LogP contribution in [0.3, 0.4) is 0 Å². The first-order chi connectivity index (χ1) is 9.17. The maximum Gasteiger partial charge on any atom is 0.248 e. The van der Waals surface area contributed by atoms with Crippen molar-refractivity contribution < 1.29 is 14.3 Å². The van der Waals surface area contributed by atoms with E-state index in [2.05, 4.69) is 20.8 Å². The van der Waals surface area contributed by atoms with Crippen LogP contribution in [0.5, 0.6) is 0 Å². The molecule has 0 rings (SSSR count). The smallest absolute Gasteiger partial charge is 0.248 e. The van der Waals surface area contributed by atoms with Crippen LogP contribution < -0.4 is 0 Å². The zero-order valence-corrected chi connectivity index (χ0v) is 14.5. The average molecular weight is 287 g/mol. The molecule has 4 heteroatoms. The summed E-state index contributed by atoms with van der Waals surface area (Å²) in [6.45, 7) is 12.4. The normalized spacial score (nSPS) is 16.6. The monoisotopic (exact) mass is 287 g/mol. The lowest BCUT2D eigenvalue weighted by molar-refractivity contribution is -0.146. The second kappa shape index (κ2) is 8.63. The summed E-state index contributed by atoms with van der Waals surface area (Å²) in [5.74, 6) is 0.407. The van der Waals surface area contributed by atoms with Gasteiger partial charge in [0.25, 0.3) is 0 Å². The molecular formula is C16H33NO3. The molecule has 4 nitrogen and oxygen atoms in total. The van der Waals surface area contributed by atoms with E-state index in [1.54, 1.807) is 12.0 Å². The van der Waals surface area contributed by atoms with E-state index >= 15 is 0 Å². The van der Waals surface area contributed by atoms with Gasteiger partial charge in [0.1, 0.15) is 6.61 Å². The van der Waals surface area contributed by atoms with Crippen molar-refractivity contribution in [3.05, 3.63) is 0 Å². The van der Waals surface area contributed by atoms with Crippen molar-refractivity contribution in [2.45, 2.75) is 72.1 Å². The van der Waals surface area contributed by atoms with E-state index in [1.807, 2.05) is 27.8 Å². The second-order valence-electron chi connectivity index (χ2n) is 6.46. The maximum absolute atomic E-state index is 12.3. The molecule has 0 aromatic carbocycles. The van der Waals surface area contributed by atoms with Crippen molar-refractivity contribution in [3.8, 4) is 0 Å². The Morgan fingerprint density at radius 2 is 1.75 bits per heavy atom. The number of carbonyl (C=O) groups excluding carboxylic acids is 1. The summed E-state index contributed by atoms with van der Waals surface area (Å²) in [5, 5.41) is 0. The van der Waals surface area contributed by atoms with E-state index in [9.17, 15) is 4.79 Å². The highest BCUT2D eigenvalue weighted by Crippen LogP contribution is 2.21. The molecule has 120 valence electrons. The molecule has 0 bridgehead atoms. The molecule has 0 aromatic heterocycles. The number of amides is 1. The van der Waals surface area contributed by atoms with Crippen LogP contribution in [0.1, 0.15) is 54.4 Å². The SMILES string of the molecule is CCC(C)C(C(CC)OC)N(C)C(=O)COC(C)(C)C. The van der Waals surface area contributed by atoms with Gasteiger partial charge in [0, 0.05) is 14.2 Å². The maximum atomic E-state index is 12.3. The Morgan fingerprint density at radius 1 is 1.20 bits per heavy atom. The van der Waals surface area contributed by atoms with Gasteiger partial charge in [-0.15, -0.1) is 0 Å². The fourth-order valence-electron chi connectivity index (χ4n) is 2.33. The minimum absolute atomic E-state index is 0.0146. The fourth-order valence-corrected chi connectivity index (χ4v) is 2.33. The first-order valence-electron chi connectivity index (χ1n) is 7.60. The van der Waals surface area contributed by atoms with E-state index in [1.165, 1.54) is 0 Å². The first kappa shape index (κ1) is 19.4. The van der Waals surface area contributed by atoms with Crippen LogP contribution in [-0.4, -0.2) is 49.3 Å². The third-order valence-electron chi connectivity index (χ3n) is 3.78. The van der Waals surface area contributed by atoms with Crippen molar-refractivity contribution in [2.75, 3.05) is 20.8 Å². The second-order valence-corrected chi connectivity index (χ2v) is 6.46. The molecule has 0 saturated heterocycles. The van der Waals surface area contributed by atoms with Crippen molar-refractivity contribution in [1.29, 1.82) is 0 Å².